The van der Waals surface area contributed by atoms with Crippen LogP contribution in [0.4, 0.5) is 8.78 Å². The molecule has 0 amide bonds. The van der Waals surface area contributed by atoms with Crippen molar-refractivity contribution in [3.05, 3.63) is 23.0 Å². The predicted octanol–water partition coefficient (Wildman–Crippen LogP) is 3.08. The van der Waals surface area contributed by atoms with E-state index >= 15 is 0 Å². The molecule has 0 aromatic heterocycles. The Hall–Kier alpha value is -0.845. The summed E-state index contributed by atoms with van der Waals surface area (Å²) in [5, 5.41) is -0.186. The molecule has 0 aliphatic carbocycles. The highest BCUT2D eigenvalue weighted by atomic mass is 35.5. The van der Waals surface area contributed by atoms with Gasteiger partial charge in [-0.2, -0.15) is 0 Å². The number of ether oxygens (including phenoxy) is 1. The topological polar surface area (TPSA) is 27.7 Å². The van der Waals surface area contributed by atoms with Crippen LogP contribution >= 0.6 is 11.6 Å². The molecular weight excluding hydrogens is 288 g/mol. The highest BCUT2D eigenvalue weighted by Gasteiger charge is 2.52. The summed E-state index contributed by atoms with van der Waals surface area (Å²) in [5.74, 6) is -1.06. The van der Waals surface area contributed by atoms with Crippen LogP contribution in [-0.2, 0) is 9.31 Å². The van der Waals surface area contributed by atoms with Gasteiger partial charge in [-0.05, 0) is 33.8 Å². The number of rotatable bonds is 3. The van der Waals surface area contributed by atoms with Gasteiger partial charge in [-0.15, -0.1) is 0 Å². The van der Waals surface area contributed by atoms with E-state index in [1.165, 1.54) is 12.1 Å². The minimum absolute atomic E-state index is 0.186. The lowest BCUT2D eigenvalue weighted by Crippen LogP contribution is -2.41. The smallest absolute Gasteiger partial charge is 0.460 e. The molecule has 2 rings (SSSR count). The zero-order valence-electron chi connectivity index (χ0n) is 11.8. The fraction of sp³-hybridized carbons (Fsp3) is 0.538. The molecule has 1 fully saturated rings. The Morgan fingerprint density at radius 3 is 2.25 bits per heavy atom. The molecule has 1 saturated heterocycles. The van der Waals surface area contributed by atoms with Gasteiger partial charge >= 0.3 is 7.12 Å². The zero-order chi connectivity index (χ0) is 15.1. The highest BCUT2D eigenvalue weighted by Crippen LogP contribution is 2.37. The summed E-state index contributed by atoms with van der Waals surface area (Å²) in [5.41, 5.74) is -0.744. The molecule has 1 aliphatic heterocycles. The maximum absolute atomic E-state index is 14.0. The van der Waals surface area contributed by atoms with E-state index < -0.39 is 31.0 Å². The van der Waals surface area contributed by atoms with Gasteiger partial charge in [0.25, 0.3) is 0 Å². The molecule has 0 spiro atoms. The number of hydrogen-bond donors (Lipinski definition) is 0. The van der Waals surface area contributed by atoms with E-state index in [9.17, 15) is 8.78 Å². The lowest BCUT2D eigenvalue weighted by Gasteiger charge is -2.32. The summed E-state index contributed by atoms with van der Waals surface area (Å²) in [7, 11) is -0.776. The Kier molecular flexibility index (Phi) is 4.02. The Balaban J connectivity index is 2.34. The highest BCUT2D eigenvalue weighted by molar-refractivity contribution is 6.65. The first-order chi connectivity index (χ1) is 9.19. The minimum atomic E-state index is -1.12. The first-order valence-electron chi connectivity index (χ1n) is 6.22. The van der Waals surface area contributed by atoms with Gasteiger partial charge in [-0.1, -0.05) is 17.7 Å². The van der Waals surface area contributed by atoms with Crippen molar-refractivity contribution in [1.29, 1.82) is 0 Å². The van der Waals surface area contributed by atoms with Gasteiger partial charge < -0.3 is 14.0 Å². The normalized spacial score (nSPS) is 20.2. The van der Waals surface area contributed by atoms with E-state index in [0.29, 0.717) is 5.46 Å². The summed E-state index contributed by atoms with van der Waals surface area (Å²) < 4.78 is 42.2. The molecular formula is C13H16BClF2O3. The van der Waals surface area contributed by atoms with Gasteiger partial charge in [0, 0.05) is 5.46 Å². The van der Waals surface area contributed by atoms with Crippen molar-refractivity contribution in [3.8, 4) is 5.75 Å². The largest absolute Gasteiger partial charge is 0.496 e. The number of benzene rings is 1. The molecule has 0 bridgehead atoms. The van der Waals surface area contributed by atoms with Crippen LogP contribution < -0.4 is 10.2 Å². The summed E-state index contributed by atoms with van der Waals surface area (Å²) in [6.45, 7) is 6.43. The zero-order valence-corrected chi connectivity index (χ0v) is 12.6. The number of hydrogen-bond acceptors (Lipinski definition) is 3. The molecule has 7 heteroatoms. The lowest BCUT2D eigenvalue weighted by molar-refractivity contribution is 0.00578. The van der Waals surface area contributed by atoms with Crippen molar-refractivity contribution in [2.24, 2.45) is 0 Å². The van der Waals surface area contributed by atoms with Crippen LogP contribution in [0.25, 0.3) is 0 Å². The average molecular weight is 305 g/mol. The lowest BCUT2D eigenvalue weighted by atomic mass is 9.79. The van der Waals surface area contributed by atoms with E-state index in [2.05, 4.69) is 4.74 Å². The molecule has 1 aromatic carbocycles. The molecule has 1 aromatic rings. The van der Waals surface area contributed by atoms with E-state index in [-0.39, 0.29) is 10.8 Å². The fourth-order valence-corrected chi connectivity index (χ4v) is 2.11. The summed E-state index contributed by atoms with van der Waals surface area (Å²) in [4.78, 5) is 0. The quantitative estimate of drug-likeness (QED) is 0.803. The number of halogens is 3. The fourth-order valence-electron chi connectivity index (χ4n) is 1.87. The molecule has 0 saturated carbocycles. The van der Waals surface area contributed by atoms with Crippen molar-refractivity contribution in [2.75, 3.05) is 6.86 Å². The second-order valence-corrected chi connectivity index (χ2v) is 6.00. The van der Waals surface area contributed by atoms with Crippen LogP contribution in [0, 0.1) is 5.82 Å². The molecule has 20 heavy (non-hydrogen) atoms. The van der Waals surface area contributed by atoms with Crippen molar-refractivity contribution >= 4 is 24.2 Å². The Labute approximate surface area is 122 Å². The monoisotopic (exact) mass is 304 g/mol. The molecule has 0 N–H and O–H groups in total. The summed E-state index contributed by atoms with van der Waals surface area (Å²) in [6.07, 6.45) is 0. The van der Waals surface area contributed by atoms with Crippen molar-refractivity contribution in [2.45, 2.75) is 38.9 Å². The first kappa shape index (κ1) is 15.5. The summed E-state index contributed by atoms with van der Waals surface area (Å²) >= 11 is 5.96. The summed E-state index contributed by atoms with van der Waals surface area (Å²) in [6, 6.07) is 2.82. The third-order valence-electron chi connectivity index (χ3n) is 3.79. The molecule has 0 radical (unpaired) electrons. The van der Waals surface area contributed by atoms with Crippen molar-refractivity contribution in [3.63, 3.8) is 0 Å². The van der Waals surface area contributed by atoms with Gasteiger partial charge in [-0.25, -0.2) is 8.78 Å². The molecule has 1 heterocycles. The second-order valence-electron chi connectivity index (χ2n) is 5.62. The standard InChI is InChI=1S/C13H16BClF2O3/c1-12(2)13(3,4)20-14(19-12)8-5-6-9(18-7-16)11(17)10(8)15/h5-6H,7H2,1-4H3. The van der Waals surface area contributed by atoms with Gasteiger partial charge in [-0.3, -0.25) is 0 Å². The molecule has 3 nitrogen and oxygen atoms in total. The predicted molar refractivity (Wildman–Crippen MR) is 73.7 cm³/mol. The van der Waals surface area contributed by atoms with Crippen LogP contribution in [0.15, 0.2) is 12.1 Å². The van der Waals surface area contributed by atoms with Gasteiger partial charge in [0.15, 0.2) is 11.6 Å². The molecule has 1 aliphatic rings. The molecule has 110 valence electrons. The van der Waals surface area contributed by atoms with E-state index in [1.54, 1.807) is 0 Å². The van der Waals surface area contributed by atoms with Crippen molar-refractivity contribution in [1.82, 2.24) is 0 Å². The van der Waals surface area contributed by atoms with Gasteiger partial charge in [0.2, 0.25) is 6.86 Å². The molecule has 0 atom stereocenters. The average Bonchev–Trinajstić information content (AvgIpc) is 2.55. The molecule has 0 unspecified atom stereocenters. The maximum atomic E-state index is 14.0. The van der Waals surface area contributed by atoms with Crippen LogP contribution in [0.2, 0.25) is 5.02 Å². The van der Waals surface area contributed by atoms with Gasteiger partial charge in [0.1, 0.15) is 0 Å². The van der Waals surface area contributed by atoms with E-state index in [0.717, 1.165) is 0 Å². The van der Waals surface area contributed by atoms with Crippen LogP contribution in [0.1, 0.15) is 27.7 Å². The Morgan fingerprint density at radius 2 is 1.75 bits per heavy atom. The van der Waals surface area contributed by atoms with Crippen LogP contribution in [0.3, 0.4) is 0 Å². The third kappa shape index (κ3) is 2.52. The van der Waals surface area contributed by atoms with E-state index in [1.807, 2.05) is 27.7 Å². The van der Waals surface area contributed by atoms with E-state index in [4.69, 9.17) is 20.9 Å². The maximum Gasteiger partial charge on any atom is 0.496 e. The first-order valence-corrected chi connectivity index (χ1v) is 6.60. The Bertz CT molecular complexity index is 507. The van der Waals surface area contributed by atoms with Crippen LogP contribution in [-0.4, -0.2) is 25.2 Å². The second kappa shape index (κ2) is 5.17. The third-order valence-corrected chi connectivity index (χ3v) is 4.18. The van der Waals surface area contributed by atoms with Gasteiger partial charge in [0.05, 0.1) is 16.2 Å². The SMILES string of the molecule is CC1(C)OB(c2ccc(OCF)c(F)c2Cl)OC1(C)C. The minimum Gasteiger partial charge on any atom is -0.460 e. The Morgan fingerprint density at radius 1 is 1.20 bits per heavy atom. The number of alkyl halides is 1. The van der Waals surface area contributed by atoms with Crippen molar-refractivity contribution < 1.29 is 22.8 Å². The van der Waals surface area contributed by atoms with Crippen LogP contribution in [0.5, 0.6) is 5.75 Å².